The van der Waals surface area contributed by atoms with Crippen molar-refractivity contribution in [3.05, 3.63) is 47.8 Å². The number of rotatable bonds is 6. The fraction of sp³-hybridized carbons (Fsp3) is 0.333. The Kier molecular flexibility index (Phi) is 4.90. The summed E-state index contributed by atoms with van der Waals surface area (Å²) in [6.07, 6.45) is 2.57. The van der Waals surface area contributed by atoms with E-state index < -0.39 is 0 Å². The molecule has 0 spiro atoms. The Morgan fingerprint density at radius 1 is 1.30 bits per heavy atom. The van der Waals surface area contributed by atoms with Crippen LogP contribution in [0.15, 0.2) is 36.5 Å². The van der Waals surface area contributed by atoms with Crippen LogP contribution in [-0.4, -0.2) is 35.9 Å². The maximum absolute atomic E-state index is 11.9. The van der Waals surface area contributed by atoms with Gasteiger partial charge in [-0.05, 0) is 43.7 Å². The molecule has 0 radical (unpaired) electrons. The van der Waals surface area contributed by atoms with Crippen molar-refractivity contribution in [2.45, 2.75) is 13.3 Å². The van der Waals surface area contributed by atoms with Crippen LogP contribution in [0.2, 0.25) is 0 Å². The molecule has 1 heterocycles. The van der Waals surface area contributed by atoms with Crippen molar-refractivity contribution in [2.75, 3.05) is 20.3 Å². The Hall–Kier alpha value is -2.14. The summed E-state index contributed by atoms with van der Waals surface area (Å²) >= 11 is 0. The third kappa shape index (κ3) is 3.45. The molecule has 0 unspecified atom stereocenters. The number of amides is 1. The molecule has 0 aliphatic heterocycles. The number of aromatic nitrogens is 2. The Morgan fingerprint density at radius 2 is 2.05 bits per heavy atom. The Balaban J connectivity index is 1.98. The minimum Gasteiger partial charge on any atom is -0.385 e. The third-order valence-electron chi connectivity index (χ3n) is 3.02. The molecule has 20 heavy (non-hydrogen) atoms. The van der Waals surface area contributed by atoms with E-state index in [9.17, 15) is 4.79 Å². The van der Waals surface area contributed by atoms with Crippen LogP contribution in [-0.2, 0) is 4.74 Å². The molecule has 0 atom stereocenters. The molecular weight excluding hydrogens is 254 g/mol. The van der Waals surface area contributed by atoms with Crippen molar-refractivity contribution in [2.24, 2.45) is 0 Å². The average molecular weight is 273 g/mol. The molecule has 1 N–H and O–H groups in total. The van der Waals surface area contributed by atoms with Crippen LogP contribution in [0, 0.1) is 6.92 Å². The zero-order valence-corrected chi connectivity index (χ0v) is 11.8. The monoisotopic (exact) mass is 273 g/mol. The molecule has 1 aromatic carbocycles. The van der Waals surface area contributed by atoms with Crippen LogP contribution >= 0.6 is 0 Å². The quantitative estimate of drug-likeness (QED) is 0.818. The number of carbonyl (C=O) groups excluding carboxylic acids is 1. The summed E-state index contributed by atoms with van der Waals surface area (Å²) in [6, 6.07) is 9.34. The Morgan fingerprint density at radius 3 is 2.65 bits per heavy atom. The number of nitrogens with one attached hydrogen (secondary N) is 1. The van der Waals surface area contributed by atoms with Crippen LogP contribution in [0.4, 0.5) is 0 Å². The third-order valence-corrected chi connectivity index (χ3v) is 3.02. The van der Waals surface area contributed by atoms with Crippen LogP contribution in [0.25, 0.3) is 5.69 Å². The van der Waals surface area contributed by atoms with Gasteiger partial charge in [-0.15, -0.1) is 0 Å². The van der Waals surface area contributed by atoms with Gasteiger partial charge in [-0.1, -0.05) is 0 Å². The van der Waals surface area contributed by atoms with E-state index in [2.05, 4.69) is 10.4 Å². The minimum absolute atomic E-state index is 0.0650. The molecule has 0 aliphatic rings. The minimum atomic E-state index is -0.0650. The van der Waals surface area contributed by atoms with Gasteiger partial charge in [-0.3, -0.25) is 4.79 Å². The Labute approximate surface area is 118 Å². The van der Waals surface area contributed by atoms with Gasteiger partial charge in [0.15, 0.2) is 0 Å². The SMILES string of the molecule is COCCCNC(=O)c1ccc(-n2nccc2C)cc1. The van der Waals surface area contributed by atoms with Gasteiger partial charge in [-0.25, -0.2) is 4.68 Å². The highest BCUT2D eigenvalue weighted by Gasteiger charge is 2.06. The predicted molar refractivity (Wildman–Crippen MR) is 77.1 cm³/mol. The van der Waals surface area contributed by atoms with Crippen molar-refractivity contribution >= 4 is 5.91 Å². The molecule has 0 aliphatic carbocycles. The number of hydrogen-bond donors (Lipinski definition) is 1. The first-order chi connectivity index (χ1) is 9.72. The van der Waals surface area contributed by atoms with Crippen LogP contribution in [0.5, 0.6) is 0 Å². The summed E-state index contributed by atoms with van der Waals surface area (Å²) < 4.78 is 6.77. The predicted octanol–water partition coefficient (Wildman–Crippen LogP) is 1.95. The summed E-state index contributed by atoms with van der Waals surface area (Å²) in [7, 11) is 1.65. The highest BCUT2D eigenvalue weighted by molar-refractivity contribution is 5.94. The van der Waals surface area contributed by atoms with Gasteiger partial charge >= 0.3 is 0 Å². The van der Waals surface area contributed by atoms with E-state index in [-0.39, 0.29) is 5.91 Å². The lowest BCUT2D eigenvalue weighted by Gasteiger charge is -2.07. The smallest absolute Gasteiger partial charge is 0.251 e. The number of nitrogens with zero attached hydrogens (tertiary/aromatic N) is 2. The molecule has 2 aromatic rings. The van der Waals surface area contributed by atoms with Crippen molar-refractivity contribution in [1.29, 1.82) is 0 Å². The average Bonchev–Trinajstić information content (AvgIpc) is 2.90. The number of methoxy groups -OCH3 is 1. The van der Waals surface area contributed by atoms with Crippen molar-refractivity contribution in [3.8, 4) is 5.69 Å². The fourth-order valence-electron chi connectivity index (χ4n) is 1.91. The first-order valence-electron chi connectivity index (χ1n) is 6.60. The van der Waals surface area contributed by atoms with Gasteiger partial charge in [0.2, 0.25) is 0 Å². The van der Waals surface area contributed by atoms with Crippen LogP contribution in [0.3, 0.4) is 0 Å². The van der Waals surface area contributed by atoms with Crippen molar-refractivity contribution in [3.63, 3.8) is 0 Å². The van der Waals surface area contributed by atoms with Gasteiger partial charge in [0.25, 0.3) is 5.91 Å². The lowest BCUT2D eigenvalue weighted by atomic mass is 10.2. The fourth-order valence-corrected chi connectivity index (χ4v) is 1.91. The maximum atomic E-state index is 11.9. The molecule has 0 saturated heterocycles. The molecule has 0 saturated carbocycles. The lowest BCUT2D eigenvalue weighted by molar-refractivity contribution is 0.0948. The summed E-state index contributed by atoms with van der Waals surface area (Å²) in [6.45, 7) is 3.26. The second-order valence-electron chi connectivity index (χ2n) is 4.53. The van der Waals surface area contributed by atoms with E-state index in [0.717, 1.165) is 17.8 Å². The van der Waals surface area contributed by atoms with E-state index in [1.165, 1.54) is 0 Å². The second-order valence-corrected chi connectivity index (χ2v) is 4.53. The van der Waals surface area contributed by atoms with Gasteiger partial charge in [0, 0.05) is 37.7 Å². The standard InChI is InChI=1S/C15H19N3O2/c1-12-8-10-17-18(12)14-6-4-13(5-7-14)15(19)16-9-3-11-20-2/h4-8,10H,3,9,11H2,1-2H3,(H,16,19). The number of hydrogen-bond acceptors (Lipinski definition) is 3. The largest absolute Gasteiger partial charge is 0.385 e. The molecule has 0 bridgehead atoms. The molecular formula is C15H19N3O2. The summed E-state index contributed by atoms with van der Waals surface area (Å²) in [5, 5.41) is 7.09. The van der Waals surface area contributed by atoms with Gasteiger partial charge in [0.1, 0.15) is 0 Å². The summed E-state index contributed by atoms with van der Waals surface area (Å²) in [5.74, 6) is -0.0650. The van der Waals surface area contributed by atoms with E-state index in [4.69, 9.17) is 4.74 Å². The summed E-state index contributed by atoms with van der Waals surface area (Å²) in [4.78, 5) is 11.9. The van der Waals surface area contributed by atoms with Crippen LogP contribution < -0.4 is 5.32 Å². The Bertz CT molecular complexity index is 561. The van der Waals surface area contributed by atoms with Gasteiger partial charge in [-0.2, -0.15) is 5.10 Å². The molecule has 0 fully saturated rings. The highest BCUT2D eigenvalue weighted by atomic mass is 16.5. The summed E-state index contributed by atoms with van der Waals surface area (Å²) in [5.41, 5.74) is 2.65. The van der Waals surface area contributed by atoms with Crippen molar-refractivity contribution in [1.82, 2.24) is 15.1 Å². The zero-order valence-electron chi connectivity index (χ0n) is 11.8. The number of aryl methyl sites for hydroxylation is 1. The first-order valence-corrected chi connectivity index (χ1v) is 6.60. The first kappa shape index (κ1) is 14.3. The molecule has 1 aromatic heterocycles. The van der Waals surface area contributed by atoms with Gasteiger partial charge in [0.05, 0.1) is 5.69 Å². The molecule has 5 heteroatoms. The zero-order chi connectivity index (χ0) is 14.4. The van der Waals surface area contributed by atoms with E-state index in [1.807, 2.05) is 41.9 Å². The number of carbonyl (C=O) groups is 1. The number of benzene rings is 1. The maximum Gasteiger partial charge on any atom is 0.251 e. The molecule has 2 rings (SSSR count). The molecule has 5 nitrogen and oxygen atoms in total. The van der Waals surface area contributed by atoms with E-state index >= 15 is 0 Å². The highest BCUT2D eigenvalue weighted by Crippen LogP contribution is 2.11. The lowest BCUT2D eigenvalue weighted by Crippen LogP contribution is -2.25. The van der Waals surface area contributed by atoms with E-state index in [0.29, 0.717) is 18.7 Å². The van der Waals surface area contributed by atoms with Crippen LogP contribution in [0.1, 0.15) is 22.5 Å². The normalized spacial score (nSPS) is 10.5. The number of ether oxygens (including phenoxy) is 1. The van der Waals surface area contributed by atoms with E-state index in [1.54, 1.807) is 13.3 Å². The molecule has 1 amide bonds. The van der Waals surface area contributed by atoms with Crippen molar-refractivity contribution < 1.29 is 9.53 Å². The van der Waals surface area contributed by atoms with Gasteiger partial charge < -0.3 is 10.1 Å². The topological polar surface area (TPSA) is 56.1 Å². The second kappa shape index (κ2) is 6.86. The molecule has 106 valence electrons.